The summed E-state index contributed by atoms with van der Waals surface area (Å²) in [5.74, 6) is 0. The van der Waals surface area contributed by atoms with Crippen molar-refractivity contribution in [3.05, 3.63) is 59.7 Å². The molecule has 17 heavy (non-hydrogen) atoms. The number of rotatable bonds is 1. The summed E-state index contributed by atoms with van der Waals surface area (Å²) in [7, 11) is 0. The number of fused-ring (bicyclic) bond motifs is 2. The Morgan fingerprint density at radius 1 is 0.824 bits per heavy atom. The summed E-state index contributed by atoms with van der Waals surface area (Å²) in [6.07, 6.45) is 1.08. The van der Waals surface area contributed by atoms with Crippen molar-refractivity contribution in [2.75, 3.05) is 0 Å². The topological polar surface area (TPSA) is 0 Å². The minimum absolute atomic E-state index is 1.08. The lowest BCUT2D eigenvalue weighted by atomic mass is 9.93. The summed E-state index contributed by atoms with van der Waals surface area (Å²) in [5, 5.41) is 5.55. The van der Waals surface area contributed by atoms with Gasteiger partial charge >= 0.3 is 0 Å². The van der Waals surface area contributed by atoms with Gasteiger partial charge in [0.05, 0.1) is 0 Å². The van der Waals surface area contributed by atoms with Crippen molar-refractivity contribution in [1.29, 1.82) is 0 Å². The van der Waals surface area contributed by atoms with E-state index in [-0.39, 0.29) is 0 Å². The smallest absolute Gasteiger partial charge is 0.0143 e. The fraction of sp³-hybridized carbons (Fsp3) is 0.176. The Morgan fingerprint density at radius 3 is 2.41 bits per heavy atom. The summed E-state index contributed by atoms with van der Waals surface area (Å²) in [4.78, 5) is 0. The Labute approximate surface area is 102 Å². The first kappa shape index (κ1) is 10.3. The van der Waals surface area contributed by atoms with E-state index in [9.17, 15) is 0 Å². The van der Waals surface area contributed by atoms with Gasteiger partial charge in [-0.3, -0.25) is 0 Å². The Bertz CT molecular complexity index is 693. The van der Waals surface area contributed by atoms with E-state index in [0.717, 1.165) is 6.42 Å². The van der Waals surface area contributed by atoms with Gasteiger partial charge in [0, 0.05) is 0 Å². The summed E-state index contributed by atoms with van der Waals surface area (Å²) >= 11 is 0. The molecule has 0 aliphatic heterocycles. The van der Waals surface area contributed by atoms with Crippen LogP contribution in [0.25, 0.3) is 21.5 Å². The molecule has 0 heterocycles. The fourth-order valence-corrected chi connectivity index (χ4v) is 2.71. The molecule has 0 aromatic heterocycles. The van der Waals surface area contributed by atoms with Crippen molar-refractivity contribution in [3.8, 4) is 0 Å². The van der Waals surface area contributed by atoms with Crippen LogP contribution in [0, 0.1) is 6.92 Å². The number of hydrogen-bond donors (Lipinski definition) is 0. The lowest BCUT2D eigenvalue weighted by molar-refractivity contribution is 1.18. The van der Waals surface area contributed by atoms with Gasteiger partial charge in [-0.2, -0.15) is 0 Å². The molecule has 3 rings (SSSR count). The largest absolute Gasteiger partial charge is 0.0616 e. The van der Waals surface area contributed by atoms with Gasteiger partial charge in [0.15, 0.2) is 0 Å². The molecule has 0 bridgehead atoms. The van der Waals surface area contributed by atoms with E-state index >= 15 is 0 Å². The second-order valence-electron chi connectivity index (χ2n) is 4.60. The molecule has 84 valence electrons. The molecule has 0 nitrogen and oxygen atoms in total. The van der Waals surface area contributed by atoms with Crippen LogP contribution in [0.2, 0.25) is 0 Å². The third-order valence-corrected chi connectivity index (χ3v) is 3.59. The number of benzene rings is 3. The Balaban J connectivity index is 2.58. The molecule has 0 heteroatoms. The van der Waals surface area contributed by atoms with Crippen LogP contribution < -0.4 is 0 Å². The molecular formula is C17H16. The molecule has 0 aliphatic carbocycles. The van der Waals surface area contributed by atoms with Crippen molar-refractivity contribution in [2.45, 2.75) is 20.3 Å². The van der Waals surface area contributed by atoms with Crippen molar-refractivity contribution < 1.29 is 0 Å². The maximum Gasteiger partial charge on any atom is -0.0143 e. The molecule has 0 radical (unpaired) electrons. The van der Waals surface area contributed by atoms with E-state index in [0.29, 0.717) is 0 Å². The highest BCUT2D eigenvalue weighted by Gasteiger charge is 2.06. The summed E-state index contributed by atoms with van der Waals surface area (Å²) < 4.78 is 0. The highest BCUT2D eigenvalue weighted by molar-refractivity contribution is 6.03. The summed E-state index contributed by atoms with van der Waals surface area (Å²) in [6.45, 7) is 4.43. The molecule has 0 aliphatic rings. The quantitative estimate of drug-likeness (QED) is 0.513. The van der Waals surface area contributed by atoms with Gasteiger partial charge < -0.3 is 0 Å². The molecule has 3 aromatic carbocycles. The maximum absolute atomic E-state index is 2.32. The predicted molar refractivity (Wildman–Crippen MR) is 75.6 cm³/mol. The molecule has 0 unspecified atom stereocenters. The Morgan fingerprint density at radius 2 is 1.59 bits per heavy atom. The van der Waals surface area contributed by atoms with Gasteiger partial charge in [0.25, 0.3) is 0 Å². The monoisotopic (exact) mass is 220 g/mol. The second-order valence-corrected chi connectivity index (χ2v) is 4.60. The molecule has 0 amide bonds. The van der Waals surface area contributed by atoms with E-state index in [1.54, 1.807) is 0 Å². The molecule has 0 fully saturated rings. The van der Waals surface area contributed by atoms with E-state index in [1.165, 1.54) is 32.7 Å². The fourth-order valence-electron chi connectivity index (χ4n) is 2.71. The number of aryl methyl sites for hydroxylation is 2. The van der Waals surface area contributed by atoms with E-state index in [1.807, 2.05) is 0 Å². The molecule has 0 spiro atoms. The van der Waals surface area contributed by atoms with Crippen LogP contribution in [0.1, 0.15) is 18.1 Å². The standard InChI is InChI=1S/C17H16/c1-3-14-15-9-5-4-8-13(15)11-17-12(2)7-6-10-16(14)17/h4-11H,3H2,1-2H3. The zero-order valence-electron chi connectivity index (χ0n) is 10.3. The van der Waals surface area contributed by atoms with Gasteiger partial charge in [-0.05, 0) is 52.1 Å². The zero-order chi connectivity index (χ0) is 11.8. The van der Waals surface area contributed by atoms with Gasteiger partial charge in [-0.15, -0.1) is 0 Å². The normalized spacial score (nSPS) is 11.2. The molecule has 0 saturated carbocycles. The first-order valence-electron chi connectivity index (χ1n) is 6.21. The van der Waals surface area contributed by atoms with Gasteiger partial charge in [-0.1, -0.05) is 49.4 Å². The van der Waals surface area contributed by atoms with Crippen molar-refractivity contribution in [3.63, 3.8) is 0 Å². The molecule has 3 aromatic rings. The Hall–Kier alpha value is -1.82. The van der Waals surface area contributed by atoms with E-state index in [4.69, 9.17) is 0 Å². The van der Waals surface area contributed by atoms with Gasteiger partial charge in [0.2, 0.25) is 0 Å². The first-order valence-corrected chi connectivity index (χ1v) is 6.21. The van der Waals surface area contributed by atoms with E-state index < -0.39 is 0 Å². The van der Waals surface area contributed by atoms with Crippen LogP contribution in [-0.2, 0) is 6.42 Å². The van der Waals surface area contributed by atoms with Gasteiger partial charge in [-0.25, -0.2) is 0 Å². The second kappa shape index (κ2) is 3.89. The highest BCUT2D eigenvalue weighted by atomic mass is 14.1. The summed E-state index contributed by atoms with van der Waals surface area (Å²) in [5.41, 5.74) is 2.84. The van der Waals surface area contributed by atoms with Gasteiger partial charge in [0.1, 0.15) is 0 Å². The molecular weight excluding hydrogens is 204 g/mol. The van der Waals surface area contributed by atoms with Crippen LogP contribution >= 0.6 is 0 Å². The van der Waals surface area contributed by atoms with Crippen LogP contribution in [0.5, 0.6) is 0 Å². The Kier molecular flexibility index (Phi) is 2.36. The predicted octanol–water partition coefficient (Wildman–Crippen LogP) is 4.86. The highest BCUT2D eigenvalue weighted by Crippen LogP contribution is 2.30. The third kappa shape index (κ3) is 1.52. The average Bonchev–Trinajstić information content (AvgIpc) is 2.37. The minimum atomic E-state index is 1.08. The van der Waals surface area contributed by atoms with Crippen molar-refractivity contribution >= 4 is 21.5 Å². The van der Waals surface area contributed by atoms with Crippen LogP contribution in [-0.4, -0.2) is 0 Å². The van der Waals surface area contributed by atoms with Crippen LogP contribution in [0.15, 0.2) is 48.5 Å². The van der Waals surface area contributed by atoms with Crippen molar-refractivity contribution in [2.24, 2.45) is 0 Å². The third-order valence-electron chi connectivity index (χ3n) is 3.59. The van der Waals surface area contributed by atoms with Crippen LogP contribution in [0.4, 0.5) is 0 Å². The molecule has 0 saturated heterocycles. The maximum atomic E-state index is 2.32. The summed E-state index contributed by atoms with van der Waals surface area (Å²) in [6, 6.07) is 17.6. The van der Waals surface area contributed by atoms with E-state index in [2.05, 4.69) is 62.4 Å². The number of hydrogen-bond acceptors (Lipinski definition) is 0. The first-order chi connectivity index (χ1) is 8.31. The SMILES string of the molecule is CCc1c2ccccc2cc2c(C)cccc12. The lowest BCUT2D eigenvalue weighted by Crippen LogP contribution is -1.89. The van der Waals surface area contributed by atoms with Crippen LogP contribution in [0.3, 0.4) is 0 Å². The average molecular weight is 220 g/mol. The molecule has 0 N–H and O–H groups in total. The minimum Gasteiger partial charge on any atom is -0.0616 e. The lowest BCUT2D eigenvalue weighted by Gasteiger charge is -2.11. The molecule has 0 atom stereocenters. The van der Waals surface area contributed by atoms with Crippen molar-refractivity contribution in [1.82, 2.24) is 0 Å². The zero-order valence-corrected chi connectivity index (χ0v) is 10.3.